The number of likely N-dealkylation sites (N-methyl/N-ethyl adjacent to an activating group) is 1. The second kappa shape index (κ2) is 6.47. The van der Waals surface area contributed by atoms with E-state index in [-0.39, 0.29) is 11.8 Å². The smallest absolute Gasteiger partial charge is 0.228 e. The minimum absolute atomic E-state index is 0.0638. The second-order valence-electron chi connectivity index (χ2n) is 5.15. The molecule has 6 nitrogen and oxygen atoms in total. The topological polar surface area (TPSA) is 70.2 Å². The summed E-state index contributed by atoms with van der Waals surface area (Å²) in [6, 6.07) is 3.61. The Balaban J connectivity index is 1.78. The summed E-state index contributed by atoms with van der Waals surface area (Å²) in [5.41, 5.74) is 0. The third kappa shape index (κ3) is 4.17. The highest BCUT2D eigenvalue weighted by Crippen LogP contribution is 2.27. The summed E-state index contributed by atoms with van der Waals surface area (Å²) >= 11 is 0. The van der Waals surface area contributed by atoms with Crippen molar-refractivity contribution in [2.45, 2.75) is 19.3 Å². The lowest BCUT2D eigenvalue weighted by Gasteiger charge is -2.23. The van der Waals surface area contributed by atoms with E-state index < -0.39 is 0 Å². The molecule has 0 unspecified atom stereocenters. The van der Waals surface area contributed by atoms with Gasteiger partial charge < -0.3 is 15.5 Å². The summed E-state index contributed by atoms with van der Waals surface area (Å²) in [6.45, 7) is 1.75. The minimum Gasteiger partial charge on any atom is -0.367 e. The molecule has 0 bridgehead atoms. The van der Waals surface area contributed by atoms with Crippen LogP contribution in [-0.2, 0) is 4.79 Å². The Bertz CT molecular complexity index is 414. The molecule has 1 heterocycles. The van der Waals surface area contributed by atoms with Gasteiger partial charge in [0.05, 0.1) is 0 Å². The Labute approximate surface area is 113 Å². The number of rotatable bonds is 6. The molecular formula is C13H21N5O. The molecular weight excluding hydrogens is 242 g/mol. The number of nitrogens with zero attached hydrogens (tertiary/aromatic N) is 3. The van der Waals surface area contributed by atoms with Gasteiger partial charge in [-0.25, -0.2) is 0 Å². The first-order valence-corrected chi connectivity index (χ1v) is 6.68. The van der Waals surface area contributed by atoms with Crippen LogP contribution in [-0.4, -0.2) is 48.2 Å². The van der Waals surface area contributed by atoms with Crippen LogP contribution in [0.2, 0.25) is 0 Å². The van der Waals surface area contributed by atoms with E-state index in [4.69, 9.17) is 0 Å². The zero-order valence-electron chi connectivity index (χ0n) is 11.5. The van der Waals surface area contributed by atoms with Gasteiger partial charge in [-0.2, -0.15) is 0 Å². The van der Waals surface area contributed by atoms with Crippen molar-refractivity contribution in [2.24, 2.45) is 5.92 Å². The molecule has 1 aromatic heterocycles. The van der Waals surface area contributed by atoms with E-state index in [1.165, 1.54) is 0 Å². The minimum atomic E-state index is 0.0638. The van der Waals surface area contributed by atoms with Crippen molar-refractivity contribution in [1.82, 2.24) is 15.1 Å². The van der Waals surface area contributed by atoms with Crippen molar-refractivity contribution >= 4 is 17.5 Å². The van der Waals surface area contributed by atoms with Crippen LogP contribution in [0.25, 0.3) is 0 Å². The lowest BCUT2D eigenvalue weighted by molar-refractivity contribution is -0.122. The van der Waals surface area contributed by atoms with E-state index in [1.54, 1.807) is 6.07 Å². The van der Waals surface area contributed by atoms with Gasteiger partial charge in [-0.1, -0.05) is 6.42 Å². The molecule has 1 amide bonds. The lowest BCUT2D eigenvalue weighted by Crippen LogP contribution is -2.28. The van der Waals surface area contributed by atoms with Crippen molar-refractivity contribution < 1.29 is 4.79 Å². The molecule has 1 aliphatic carbocycles. The first kappa shape index (κ1) is 13.7. The van der Waals surface area contributed by atoms with Crippen molar-refractivity contribution in [3.8, 4) is 0 Å². The first-order chi connectivity index (χ1) is 9.15. The fourth-order valence-electron chi connectivity index (χ4n) is 1.80. The Morgan fingerprint density at radius 3 is 2.53 bits per heavy atom. The van der Waals surface area contributed by atoms with Crippen LogP contribution in [0.3, 0.4) is 0 Å². The van der Waals surface area contributed by atoms with E-state index in [0.29, 0.717) is 5.82 Å². The van der Waals surface area contributed by atoms with Gasteiger partial charge in [-0.05, 0) is 39.1 Å². The summed E-state index contributed by atoms with van der Waals surface area (Å²) in [5.74, 6) is 1.48. The normalized spacial score (nSPS) is 15.1. The Kier molecular flexibility index (Phi) is 4.68. The van der Waals surface area contributed by atoms with E-state index in [2.05, 4.69) is 25.7 Å². The summed E-state index contributed by atoms with van der Waals surface area (Å²) in [7, 11) is 4.04. The Morgan fingerprint density at radius 2 is 2.00 bits per heavy atom. The molecule has 2 rings (SSSR count). The monoisotopic (exact) mass is 263 g/mol. The van der Waals surface area contributed by atoms with Crippen LogP contribution in [0, 0.1) is 5.92 Å². The number of aromatic nitrogens is 2. The summed E-state index contributed by atoms with van der Waals surface area (Å²) in [6.07, 6.45) is 3.13. The van der Waals surface area contributed by atoms with Gasteiger partial charge >= 0.3 is 0 Å². The average molecular weight is 263 g/mol. The fraction of sp³-hybridized carbons (Fsp3) is 0.615. The zero-order chi connectivity index (χ0) is 13.7. The van der Waals surface area contributed by atoms with Gasteiger partial charge in [-0.15, -0.1) is 10.2 Å². The van der Waals surface area contributed by atoms with Crippen LogP contribution in [0.5, 0.6) is 0 Å². The van der Waals surface area contributed by atoms with Gasteiger partial charge in [0, 0.05) is 19.0 Å². The Hall–Kier alpha value is -1.69. The molecule has 104 valence electrons. The predicted octanol–water partition coefficient (Wildman–Crippen LogP) is 1.19. The average Bonchev–Trinajstić information content (AvgIpc) is 2.28. The molecule has 19 heavy (non-hydrogen) atoms. The second-order valence-corrected chi connectivity index (χ2v) is 5.15. The quantitative estimate of drug-likeness (QED) is 0.806. The number of nitrogens with one attached hydrogen (secondary N) is 2. The molecule has 0 aromatic carbocycles. The van der Waals surface area contributed by atoms with Crippen LogP contribution in [0.4, 0.5) is 11.6 Å². The summed E-state index contributed by atoms with van der Waals surface area (Å²) in [4.78, 5) is 13.8. The van der Waals surface area contributed by atoms with Gasteiger partial charge in [0.2, 0.25) is 5.91 Å². The van der Waals surface area contributed by atoms with E-state index in [0.717, 1.165) is 38.2 Å². The van der Waals surface area contributed by atoms with Crippen LogP contribution in [0.1, 0.15) is 19.3 Å². The van der Waals surface area contributed by atoms with Crippen LogP contribution >= 0.6 is 0 Å². The van der Waals surface area contributed by atoms with Crippen molar-refractivity contribution in [3.63, 3.8) is 0 Å². The highest BCUT2D eigenvalue weighted by atomic mass is 16.2. The van der Waals surface area contributed by atoms with Gasteiger partial charge in [-0.3, -0.25) is 4.79 Å². The largest absolute Gasteiger partial charge is 0.367 e. The standard InChI is InChI=1S/C13H21N5O/c1-18(2)9-8-14-11-6-7-12(17-16-11)15-13(19)10-4-3-5-10/h6-7,10H,3-5,8-9H2,1-2H3,(H,14,16)(H,15,17,19). The number of amides is 1. The third-order valence-corrected chi connectivity index (χ3v) is 3.26. The summed E-state index contributed by atoms with van der Waals surface area (Å²) in [5, 5.41) is 14.0. The highest BCUT2D eigenvalue weighted by Gasteiger charge is 2.25. The van der Waals surface area contributed by atoms with Crippen LogP contribution in [0.15, 0.2) is 12.1 Å². The Morgan fingerprint density at radius 1 is 1.32 bits per heavy atom. The van der Waals surface area contributed by atoms with E-state index >= 15 is 0 Å². The maximum Gasteiger partial charge on any atom is 0.228 e. The number of hydrogen-bond acceptors (Lipinski definition) is 5. The number of hydrogen-bond donors (Lipinski definition) is 2. The molecule has 1 fully saturated rings. The third-order valence-electron chi connectivity index (χ3n) is 3.26. The van der Waals surface area contributed by atoms with Gasteiger partial charge in [0.25, 0.3) is 0 Å². The summed E-state index contributed by atoms with van der Waals surface area (Å²) < 4.78 is 0. The van der Waals surface area contributed by atoms with Gasteiger partial charge in [0.15, 0.2) is 5.82 Å². The SMILES string of the molecule is CN(C)CCNc1ccc(NC(=O)C2CCC2)nn1. The molecule has 1 aromatic rings. The lowest BCUT2D eigenvalue weighted by atomic mass is 9.85. The molecule has 0 saturated heterocycles. The predicted molar refractivity (Wildman–Crippen MR) is 75.0 cm³/mol. The molecule has 0 radical (unpaired) electrons. The molecule has 6 heteroatoms. The number of carbonyl (C=O) groups is 1. The molecule has 0 spiro atoms. The first-order valence-electron chi connectivity index (χ1n) is 6.68. The van der Waals surface area contributed by atoms with E-state index in [9.17, 15) is 4.79 Å². The van der Waals surface area contributed by atoms with E-state index in [1.807, 2.05) is 20.2 Å². The van der Waals surface area contributed by atoms with Gasteiger partial charge in [0.1, 0.15) is 5.82 Å². The molecule has 2 N–H and O–H groups in total. The molecule has 1 saturated carbocycles. The highest BCUT2D eigenvalue weighted by molar-refractivity contribution is 5.92. The molecule has 1 aliphatic rings. The maximum absolute atomic E-state index is 11.7. The number of carbonyl (C=O) groups excluding carboxylic acids is 1. The van der Waals surface area contributed by atoms with Crippen LogP contribution < -0.4 is 10.6 Å². The number of anilines is 2. The molecule has 0 aliphatic heterocycles. The van der Waals surface area contributed by atoms with Crippen molar-refractivity contribution in [3.05, 3.63) is 12.1 Å². The maximum atomic E-state index is 11.7. The fourth-order valence-corrected chi connectivity index (χ4v) is 1.80. The zero-order valence-corrected chi connectivity index (χ0v) is 11.5. The molecule has 0 atom stereocenters. The van der Waals surface area contributed by atoms with Crippen molar-refractivity contribution in [2.75, 3.05) is 37.8 Å². The van der Waals surface area contributed by atoms with Crippen molar-refractivity contribution in [1.29, 1.82) is 0 Å².